The van der Waals surface area contributed by atoms with Crippen LogP contribution in [0, 0.1) is 17.2 Å². The summed E-state index contributed by atoms with van der Waals surface area (Å²) in [4.78, 5) is 31.8. The van der Waals surface area contributed by atoms with Gasteiger partial charge in [0.25, 0.3) is 0 Å². The highest BCUT2D eigenvalue weighted by molar-refractivity contribution is 6.36. The van der Waals surface area contributed by atoms with Gasteiger partial charge in [0, 0.05) is 48.9 Å². The Morgan fingerprint density at radius 1 is 1.19 bits per heavy atom. The summed E-state index contributed by atoms with van der Waals surface area (Å²) in [6.45, 7) is 14.0. The third kappa shape index (κ3) is 6.33. The third-order valence-electron chi connectivity index (χ3n) is 11.2. The number of rotatable bonds is 11. The SMILES string of the molecule is C=CC(=O)N1CCN(c2nc(OCC(CC)(C(C)C)N(C)C3CCC3)nc3c2CCN(c2cccc4cccc(Cl)c24)C3)CC1CC#N. The van der Waals surface area contributed by atoms with Crippen LogP contribution in [0.25, 0.3) is 10.8 Å². The van der Waals surface area contributed by atoms with Crippen LogP contribution in [0.4, 0.5) is 11.5 Å². The topological polar surface area (TPSA) is 88.8 Å². The lowest BCUT2D eigenvalue weighted by Crippen LogP contribution is -2.59. The van der Waals surface area contributed by atoms with E-state index >= 15 is 0 Å². The average molecular weight is 670 g/mol. The fourth-order valence-corrected chi connectivity index (χ4v) is 8.24. The quantitative estimate of drug-likeness (QED) is 0.210. The zero-order valence-electron chi connectivity index (χ0n) is 28.8. The van der Waals surface area contributed by atoms with Gasteiger partial charge >= 0.3 is 6.01 Å². The molecule has 10 heteroatoms. The van der Waals surface area contributed by atoms with Gasteiger partial charge in [-0.2, -0.15) is 15.2 Å². The van der Waals surface area contributed by atoms with Crippen molar-refractivity contribution >= 4 is 39.8 Å². The summed E-state index contributed by atoms with van der Waals surface area (Å²) in [6.07, 6.45) is 7.01. The fraction of sp³-hybridized carbons (Fsp3) is 0.526. The van der Waals surface area contributed by atoms with E-state index in [9.17, 15) is 10.1 Å². The smallest absolute Gasteiger partial charge is 0.318 e. The highest BCUT2D eigenvalue weighted by atomic mass is 35.5. The largest absolute Gasteiger partial charge is 0.461 e. The number of nitriles is 1. The number of hydrogen-bond donors (Lipinski definition) is 0. The summed E-state index contributed by atoms with van der Waals surface area (Å²) in [7, 11) is 2.25. The van der Waals surface area contributed by atoms with E-state index in [0.29, 0.717) is 50.8 Å². The van der Waals surface area contributed by atoms with E-state index < -0.39 is 0 Å². The molecule has 2 atom stereocenters. The second kappa shape index (κ2) is 14.3. The number of piperazine rings is 1. The third-order valence-corrected chi connectivity index (χ3v) is 11.5. The number of likely N-dealkylation sites (N-methyl/N-ethyl adjacent to an activating group) is 1. The molecular weight excluding hydrogens is 622 g/mol. The first-order valence-electron chi connectivity index (χ1n) is 17.4. The van der Waals surface area contributed by atoms with E-state index in [2.05, 4.69) is 79.4 Å². The monoisotopic (exact) mass is 669 g/mol. The van der Waals surface area contributed by atoms with Gasteiger partial charge in [0.1, 0.15) is 12.4 Å². The summed E-state index contributed by atoms with van der Waals surface area (Å²) in [6, 6.07) is 15.3. The van der Waals surface area contributed by atoms with Gasteiger partial charge in [0.05, 0.1) is 41.3 Å². The fourth-order valence-electron chi connectivity index (χ4n) is 7.96. The first-order chi connectivity index (χ1) is 23.2. The zero-order valence-corrected chi connectivity index (χ0v) is 29.5. The molecule has 2 aliphatic heterocycles. The number of carbonyl (C=O) groups is 1. The maximum absolute atomic E-state index is 12.7. The Hall–Kier alpha value is -3.87. The van der Waals surface area contributed by atoms with Crippen molar-refractivity contribution in [1.29, 1.82) is 5.26 Å². The Kier molecular flexibility index (Phi) is 10.1. The Morgan fingerprint density at radius 3 is 2.62 bits per heavy atom. The molecule has 0 bridgehead atoms. The maximum Gasteiger partial charge on any atom is 0.318 e. The first-order valence-corrected chi connectivity index (χ1v) is 17.8. The molecule has 0 N–H and O–H groups in total. The lowest BCUT2D eigenvalue weighted by molar-refractivity contribution is -0.128. The number of carbonyl (C=O) groups excluding carboxylic acids is 1. The summed E-state index contributed by atoms with van der Waals surface area (Å²) in [5.74, 6) is 1.07. The number of halogens is 1. The van der Waals surface area contributed by atoms with Crippen LogP contribution in [0.15, 0.2) is 49.1 Å². The van der Waals surface area contributed by atoms with Crippen molar-refractivity contribution in [1.82, 2.24) is 19.8 Å². The number of anilines is 2. The highest BCUT2D eigenvalue weighted by Gasteiger charge is 2.42. The van der Waals surface area contributed by atoms with Crippen LogP contribution in [0.5, 0.6) is 6.01 Å². The second-order valence-electron chi connectivity index (χ2n) is 13.8. The number of benzene rings is 2. The van der Waals surface area contributed by atoms with Gasteiger partial charge in [-0.1, -0.05) is 69.6 Å². The van der Waals surface area contributed by atoms with Gasteiger partial charge < -0.3 is 19.4 Å². The standard InChI is InChI=1S/C38H48ClN7O2/c1-6-34(47)46-22-21-45(23-29(46)17-19-40)36-30-18-20-44(33-16-9-12-27-11-8-15-31(39)35(27)33)24-32(30)41-37(42-36)48-25-38(7-2,26(3)4)43(5)28-13-10-14-28/h6,8-9,11-12,15-16,26,28-29H,1,7,10,13-14,17-18,20-25H2,2-5H3. The molecule has 48 heavy (non-hydrogen) atoms. The molecule has 6 rings (SSSR count). The minimum absolute atomic E-state index is 0.145. The predicted molar refractivity (Wildman–Crippen MR) is 193 cm³/mol. The summed E-state index contributed by atoms with van der Waals surface area (Å²) in [5, 5.41) is 12.5. The molecule has 3 aromatic rings. The van der Waals surface area contributed by atoms with Gasteiger partial charge in [-0.25, -0.2) is 0 Å². The van der Waals surface area contributed by atoms with Crippen LogP contribution in [0.3, 0.4) is 0 Å². The van der Waals surface area contributed by atoms with Crippen molar-refractivity contribution in [3.05, 3.63) is 65.3 Å². The number of ether oxygens (including phenoxy) is 1. The number of aromatic nitrogens is 2. The summed E-state index contributed by atoms with van der Waals surface area (Å²) in [5.41, 5.74) is 2.97. The molecule has 2 unspecified atom stereocenters. The molecule has 3 heterocycles. The maximum atomic E-state index is 12.7. The normalized spacial score (nSPS) is 19.5. The lowest BCUT2D eigenvalue weighted by atomic mass is 9.79. The van der Waals surface area contributed by atoms with Gasteiger partial charge in [-0.3, -0.25) is 9.69 Å². The number of amides is 1. The van der Waals surface area contributed by atoms with Crippen molar-refractivity contribution in [3.63, 3.8) is 0 Å². The van der Waals surface area contributed by atoms with Gasteiger partial charge in [-0.15, -0.1) is 0 Å². The molecule has 9 nitrogen and oxygen atoms in total. The molecular formula is C38H48ClN7O2. The van der Waals surface area contributed by atoms with Gasteiger partial charge in [0.2, 0.25) is 5.91 Å². The van der Waals surface area contributed by atoms with Gasteiger partial charge in [0.15, 0.2) is 0 Å². The Bertz CT molecular complexity index is 1700. The Balaban J connectivity index is 1.37. The van der Waals surface area contributed by atoms with Gasteiger partial charge in [-0.05, 0) is 62.2 Å². The average Bonchev–Trinajstić information content (AvgIpc) is 3.07. The molecule has 3 aliphatic rings. The van der Waals surface area contributed by atoms with Crippen molar-refractivity contribution in [2.45, 2.75) is 83.5 Å². The summed E-state index contributed by atoms with van der Waals surface area (Å²) < 4.78 is 6.68. The Morgan fingerprint density at radius 2 is 1.96 bits per heavy atom. The van der Waals surface area contributed by atoms with Crippen molar-refractivity contribution in [2.24, 2.45) is 5.92 Å². The molecule has 1 aromatic heterocycles. The number of nitrogens with zero attached hydrogens (tertiary/aromatic N) is 7. The summed E-state index contributed by atoms with van der Waals surface area (Å²) >= 11 is 6.76. The van der Waals surface area contributed by atoms with Crippen molar-refractivity contribution in [3.8, 4) is 12.1 Å². The molecule has 0 spiro atoms. The van der Waals surface area contributed by atoms with Crippen LogP contribution in [-0.2, 0) is 17.8 Å². The highest BCUT2D eigenvalue weighted by Crippen LogP contribution is 2.39. The molecule has 2 aromatic carbocycles. The van der Waals surface area contributed by atoms with E-state index in [-0.39, 0.29) is 23.9 Å². The number of fused-ring (bicyclic) bond motifs is 2. The van der Waals surface area contributed by atoms with Crippen LogP contribution in [0.2, 0.25) is 5.02 Å². The lowest BCUT2D eigenvalue weighted by Gasteiger charge is -2.50. The predicted octanol–water partition coefficient (Wildman–Crippen LogP) is 6.63. The van der Waals surface area contributed by atoms with E-state index in [1.165, 1.54) is 25.3 Å². The molecule has 1 saturated heterocycles. The van der Waals surface area contributed by atoms with Crippen LogP contribution in [-0.4, -0.2) is 83.1 Å². The van der Waals surface area contributed by atoms with E-state index in [1.54, 1.807) is 4.90 Å². The van der Waals surface area contributed by atoms with Crippen molar-refractivity contribution < 1.29 is 9.53 Å². The first kappa shape index (κ1) is 34.0. The molecule has 1 saturated carbocycles. The molecule has 0 radical (unpaired) electrons. The number of hydrogen-bond acceptors (Lipinski definition) is 8. The van der Waals surface area contributed by atoms with E-state index in [1.807, 2.05) is 12.1 Å². The molecule has 254 valence electrons. The van der Waals surface area contributed by atoms with Crippen LogP contribution >= 0.6 is 11.6 Å². The van der Waals surface area contributed by atoms with Crippen molar-refractivity contribution in [2.75, 3.05) is 49.6 Å². The van der Waals surface area contributed by atoms with Crippen LogP contribution < -0.4 is 14.5 Å². The molecule has 1 aliphatic carbocycles. The molecule has 2 fully saturated rings. The zero-order chi connectivity index (χ0) is 34.0. The molecule has 1 amide bonds. The van der Waals surface area contributed by atoms with E-state index in [4.69, 9.17) is 26.3 Å². The minimum Gasteiger partial charge on any atom is -0.461 e. The van der Waals surface area contributed by atoms with Crippen LogP contribution in [0.1, 0.15) is 64.1 Å². The van der Waals surface area contributed by atoms with E-state index in [0.717, 1.165) is 57.9 Å². The second-order valence-corrected chi connectivity index (χ2v) is 14.2. The minimum atomic E-state index is -0.257. The Labute approximate surface area is 290 Å².